The molecule has 0 atom stereocenters. The van der Waals surface area contributed by atoms with Gasteiger partial charge in [0.25, 0.3) is 29.5 Å². The van der Waals surface area contributed by atoms with E-state index in [1.807, 2.05) is 126 Å². The molecule has 79 heavy (non-hydrogen) atoms. The number of hydrogen-bond donors (Lipinski definition) is 0. The van der Waals surface area contributed by atoms with Crippen LogP contribution < -0.4 is 23.8 Å². The van der Waals surface area contributed by atoms with Crippen LogP contribution in [0.5, 0.6) is 23.0 Å². The van der Waals surface area contributed by atoms with Gasteiger partial charge in [0.2, 0.25) is 0 Å². The molecule has 0 aromatic heterocycles. The summed E-state index contributed by atoms with van der Waals surface area (Å²) in [4.78, 5) is 70.3. The zero-order valence-corrected chi connectivity index (χ0v) is 47.1. The molecule has 0 fully saturated rings. The van der Waals surface area contributed by atoms with Gasteiger partial charge in [0.15, 0.2) is 0 Å². The molecule has 2 heterocycles. The average molecular weight is 1130 g/mol. The van der Waals surface area contributed by atoms with Crippen molar-refractivity contribution in [2.24, 2.45) is 0 Å². The number of nitrogens with zero attached hydrogens (tertiary/aromatic N) is 4. The molecule has 7 aromatic carbocycles. The highest BCUT2D eigenvalue weighted by Gasteiger charge is 2.39. The second kappa shape index (κ2) is 27.8. The van der Waals surface area contributed by atoms with Crippen LogP contribution in [0.3, 0.4) is 0 Å². The van der Waals surface area contributed by atoms with E-state index in [2.05, 4.69) is 0 Å². The highest BCUT2D eigenvalue weighted by Crippen LogP contribution is 2.36. The second-order valence-electron chi connectivity index (χ2n) is 18.6. The van der Waals surface area contributed by atoms with Crippen LogP contribution in [-0.4, -0.2) is 91.7 Å². The van der Waals surface area contributed by atoms with E-state index in [1.165, 1.54) is 9.80 Å². The first-order valence-electron chi connectivity index (χ1n) is 25.3. The fourth-order valence-electron chi connectivity index (χ4n) is 8.58. The van der Waals surface area contributed by atoms with Crippen LogP contribution in [0.1, 0.15) is 106 Å². The molecule has 0 saturated heterocycles. The van der Waals surface area contributed by atoms with Crippen molar-refractivity contribution < 1.29 is 42.9 Å². The van der Waals surface area contributed by atoms with Gasteiger partial charge >= 0.3 is 0 Å². The fraction of sp³-hybridized carbons (Fsp3) is 0.254. The smallest absolute Gasteiger partial charge is 0.265 e. The molecular formula is C63H65Cl3N4O9. The molecule has 13 nitrogen and oxygen atoms in total. The van der Waals surface area contributed by atoms with E-state index >= 15 is 0 Å². The molecule has 0 spiro atoms. The Hall–Kier alpha value is -7.68. The Morgan fingerprint density at radius 2 is 0.937 bits per heavy atom. The standard InChI is InChI=1S/C24H24ClNO3.C20H21ClN2O3.C18H16ClNO3.CH4/c1-4-28-21-11-8-12-22(29-16-18-9-6-5-7-10-18)23(21)24(27)26(3)19-13-14-20(25)17(2)15-19;1-13-11-14(7-8-16(13)21)12-23-19(24)15-5-4-6-17(18(15)20(23)25)26-10-9-22(2)3;1-3-23-15-6-4-5-13-16(15)18(22)20(17(13)21)10-12-7-8-14(19)11(2)9-12;/h5-15H,4,16H2,1-3H3;4-8,11H,9-10,12H2,1-3H3;4-9H,3,10H2,1-2H3;1H4. The lowest BCUT2D eigenvalue weighted by molar-refractivity contribution is 0.0625. The molecular weight excluding hydrogens is 1060 g/mol. The minimum Gasteiger partial charge on any atom is -0.493 e. The number of likely N-dealkylation sites (N-methyl/N-ethyl adjacent to an activating group) is 1. The Bertz CT molecular complexity index is 3350. The van der Waals surface area contributed by atoms with E-state index in [4.69, 9.17) is 53.8 Å². The number of anilines is 1. The van der Waals surface area contributed by atoms with Gasteiger partial charge in [-0.15, -0.1) is 0 Å². The highest BCUT2D eigenvalue weighted by atomic mass is 35.5. The van der Waals surface area contributed by atoms with Gasteiger partial charge in [-0.05, 0) is 149 Å². The Morgan fingerprint density at radius 3 is 1.42 bits per heavy atom. The van der Waals surface area contributed by atoms with Crippen molar-refractivity contribution in [3.63, 3.8) is 0 Å². The van der Waals surface area contributed by atoms with Crippen molar-refractivity contribution in [1.82, 2.24) is 14.7 Å². The van der Waals surface area contributed by atoms with Gasteiger partial charge in [-0.25, -0.2) is 0 Å². The summed E-state index contributed by atoms with van der Waals surface area (Å²) in [7, 11) is 5.63. The third kappa shape index (κ3) is 14.5. The fourth-order valence-corrected chi connectivity index (χ4v) is 8.93. The topological polar surface area (TPSA) is 135 Å². The van der Waals surface area contributed by atoms with Crippen LogP contribution in [0.2, 0.25) is 15.1 Å². The lowest BCUT2D eigenvalue weighted by Gasteiger charge is -2.22. The number of carbonyl (C=O) groups is 5. The van der Waals surface area contributed by atoms with Crippen molar-refractivity contribution >= 4 is 70.0 Å². The van der Waals surface area contributed by atoms with Crippen molar-refractivity contribution in [2.75, 3.05) is 52.4 Å². The van der Waals surface area contributed by atoms with Gasteiger partial charge < -0.3 is 28.7 Å². The van der Waals surface area contributed by atoms with Crippen LogP contribution >= 0.6 is 34.8 Å². The summed E-state index contributed by atoms with van der Waals surface area (Å²) in [5, 5.41) is 1.98. The quantitative estimate of drug-likeness (QED) is 0.0811. The molecule has 0 bridgehead atoms. The Kier molecular flexibility index (Phi) is 21.3. The first kappa shape index (κ1) is 60.5. The van der Waals surface area contributed by atoms with Crippen molar-refractivity contribution in [2.45, 2.75) is 61.7 Å². The molecule has 2 aliphatic heterocycles. The van der Waals surface area contributed by atoms with E-state index in [9.17, 15) is 24.0 Å². The maximum absolute atomic E-state index is 13.4. The molecule has 0 N–H and O–H groups in total. The first-order chi connectivity index (χ1) is 37.4. The lowest BCUT2D eigenvalue weighted by atomic mass is 10.1. The summed E-state index contributed by atoms with van der Waals surface area (Å²) in [6.45, 7) is 12.3. The number of halogens is 3. The predicted octanol–water partition coefficient (Wildman–Crippen LogP) is 13.8. The van der Waals surface area contributed by atoms with E-state index in [1.54, 1.807) is 78.7 Å². The molecule has 0 aliphatic carbocycles. The van der Waals surface area contributed by atoms with Crippen LogP contribution in [0.25, 0.3) is 0 Å². The summed E-state index contributed by atoms with van der Waals surface area (Å²) in [6, 6.07) is 41.9. The van der Waals surface area contributed by atoms with E-state index in [0.717, 1.165) is 45.6 Å². The Labute approximate surface area is 478 Å². The third-order valence-corrected chi connectivity index (χ3v) is 14.0. The normalized spacial score (nSPS) is 12.2. The first-order valence-corrected chi connectivity index (χ1v) is 26.4. The molecule has 16 heteroatoms. The average Bonchev–Trinajstić information content (AvgIpc) is 4.08. The number of rotatable bonds is 17. The third-order valence-electron chi connectivity index (χ3n) is 12.7. The number of ether oxygens (including phenoxy) is 4. The van der Waals surface area contributed by atoms with Gasteiger partial charge in [-0.1, -0.05) is 115 Å². The number of imide groups is 2. The molecule has 412 valence electrons. The molecule has 0 unspecified atom stereocenters. The SMILES string of the molecule is C.CCOc1cccc(OCc2ccccc2)c1C(=O)N(C)c1ccc(Cl)c(C)c1.CCOc1cccc2c1C(=O)N(Cc1ccc(Cl)c(C)c1)C2=O.Cc1cc(CN2C(=O)c3cccc(OCCN(C)C)c3C2=O)ccc1Cl. The largest absolute Gasteiger partial charge is 0.493 e. The van der Waals surface area contributed by atoms with Crippen molar-refractivity contribution in [3.8, 4) is 23.0 Å². The van der Waals surface area contributed by atoms with Gasteiger partial charge in [0.1, 0.15) is 41.8 Å². The highest BCUT2D eigenvalue weighted by molar-refractivity contribution is 6.32. The van der Waals surface area contributed by atoms with Crippen LogP contribution in [-0.2, 0) is 19.7 Å². The number of amides is 5. The number of benzene rings is 7. The summed E-state index contributed by atoms with van der Waals surface area (Å²) in [6.07, 6.45) is 0. The van der Waals surface area contributed by atoms with Gasteiger partial charge in [0, 0.05) is 34.3 Å². The molecule has 2 aliphatic rings. The molecule has 0 radical (unpaired) electrons. The Morgan fingerprint density at radius 1 is 0.494 bits per heavy atom. The van der Waals surface area contributed by atoms with Crippen LogP contribution in [0.4, 0.5) is 5.69 Å². The summed E-state index contributed by atoms with van der Waals surface area (Å²) in [5.41, 5.74) is 8.11. The van der Waals surface area contributed by atoms with Gasteiger partial charge in [-0.2, -0.15) is 0 Å². The minimum atomic E-state index is -0.321. The van der Waals surface area contributed by atoms with Crippen molar-refractivity contribution in [3.05, 3.63) is 216 Å². The number of aryl methyl sites for hydroxylation is 3. The summed E-state index contributed by atoms with van der Waals surface area (Å²) >= 11 is 18.2. The van der Waals surface area contributed by atoms with Gasteiger partial charge in [0.05, 0.1) is 48.6 Å². The second-order valence-corrected chi connectivity index (χ2v) is 19.9. The zero-order chi connectivity index (χ0) is 56.2. The van der Waals surface area contributed by atoms with Gasteiger partial charge in [-0.3, -0.25) is 33.8 Å². The van der Waals surface area contributed by atoms with Crippen molar-refractivity contribution in [1.29, 1.82) is 0 Å². The minimum absolute atomic E-state index is 0. The molecule has 5 amide bonds. The van der Waals surface area contributed by atoms with Crippen LogP contribution in [0.15, 0.2) is 140 Å². The zero-order valence-electron chi connectivity index (χ0n) is 44.8. The Balaban J connectivity index is 0.000000191. The number of fused-ring (bicyclic) bond motifs is 2. The van der Waals surface area contributed by atoms with E-state index in [0.29, 0.717) is 92.3 Å². The maximum Gasteiger partial charge on any atom is 0.265 e. The van der Waals surface area contributed by atoms with E-state index in [-0.39, 0.29) is 50.1 Å². The van der Waals surface area contributed by atoms with Crippen LogP contribution in [0, 0.1) is 20.8 Å². The summed E-state index contributed by atoms with van der Waals surface area (Å²) < 4.78 is 23.0. The number of hydrogen-bond acceptors (Lipinski definition) is 10. The molecule has 0 saturated carbocycles. The molecule has 7 aromatic rings. The predicted molar refractivity (Wildman–Crippen MR) is 313 cm³/mol. The maximum atomic E-state index is 13.4. The monoisotopic (exact) mass is 1130 g/mol. The summed E-state index contributed by atoms with van der Waals surface area (Å²) in [5.74, 6) is 0.465. The molecule has 9 rings (SSSR count). The number of carbonyl (C=O) groups excluding carboxylic acids is 5. The van der Waals surface area contributed by atoms with E-state index < -0.39 is 0 Å². The lowest BCUT2D eigenvalue weighted by Crippen LogP contribution is -2.29.